The van der Waals surface area contributed by atoms with Crippen molar-refractivity contribution in [2.75, 3.05) is 6.54 Å². The molecule has 3 unspecified atom stereocenters. The number of rotatable bonds is 12. The number of hydrogen-bond donors (Lipinski definition) is 6. The highest BCUT2D eigenvalue weighted by molar-refractivity contribution is 5.92. The summed E-state index contributed by atoms with van der Waals surface area (Å²) in [6.45, 7) is 4.71. The van der Waals surface area contributed by atoms with Crippen molar-refractivity contribution in [3.05, 3.63) is 0 Å². The van der Waals surface area contributed by atoms with Gasteiger partial charge in [-0.05, 0) is 25.7 Å². The lowest BCUT2D eigenvalue weighted by atomic mass is 10.0. The summed E-state index contributed by atoms with van der Waals surface area (Å²) in [5.41, 5.74) is 5.72. The van der Waals surface area contributed by atoms with Crippen molar-refractivity contribution in [1.82, 2.24) is 16.0 Å². The minimum absolute atomic E-state index is 0.210. The van der Waals surface area contributed by atoms with Gasteiger partial charge in [0.1, 0.15) is 12.1 Å². The Kier molecular flexibility index (Phi) is 10.7. The Morgan fingerprint density at radius 2 is 1.56 bits per heavy atom. The molecule has 0 aromatic carbocycles. The molecule has 0 bridgehead atoms. The fourth-order valence-corrected chi connectivity index (χ4v) is 2.09. The van der Waals surface area contributed by atoms with Gasteiger partial charge in [0.05, 0.1) is 12.6 Å². The summed E-state index contributed by atoms with van der Waals surface area (Å²) in [7, 11) is 0. The molecule has 3 atom stereocenters. The highest BCUT2D eigenvalue weighted by Crippen LogP contribution is 2.03. The Labute approximate surface area is 157 Å². The summed E-state index contributed by atoms with van der Waals surface area (Å²) in [6.07, 6.45) is -0.261. The predicted molar refractivity (Wildman–Crippen MR) is 94.5 cm³/mol. The van der Waals surface area contributed by atoms with Crippen molar-refractivity contribution < 1.29 is 34.2 Å². The molecule has 0 aromatic heterocycles. The molecule has 0 aliphatic rings. The zero-order valence-electron chi connectivity index (χ0n) is 15.7. The van der Waals surface area contributed by atoms with Gasteiger partial charge in [-0.3, -0.25) is 19.2 Å². The highest BCUT2D eigenvalue weighted by atomic mass is 16.4. The molecule has 27 heavy (non-hydrogen) atoms. The maximum atomic E-state index is 11.9. The maximum absolute atomic E-state index is 11.9. The number of hydrogen-bond acceptors (Lipinski definition) is 6. The van der Waals surface area contributed by atoms with Gasteiger partial charge in [-0.25, -0.2) is 4.79 Å². The van der Waals surface area contributed by atoms with Crippen LogP contribution in [0.4, 0.5) is 0 Å². The lowest BCUT2D eigenvalue weighted by Gasteiger charge is -2.19. The molecule has 11 heteroatoms. The van der Waals surface area contributed by atoms with E-state index in [0.29, 0.717) is 6.42 Å². The Morgan fingerprint density at radius 3 is 2.04 bits per heavy atom. The summed E-state index contributed by atoms with van der Waals surface area (Å²) in [5, 5.41) is 24.3. The quantitative estimate of drug-likeness (QED) is 0.231. The second kappa shape index (κ2) is 11.8. The number of aliphatic carboxylic acids is 2. The van der Waals surface area contributed by atoms with E-state index >= 15 is 0 Å². The number of carbonyl (C=O) groups is 5. The van der Waals surface area contributed by atoms with Gasteiger partial charge in [0.2, 0.25) is 17.7 Å². The molecular formula is C16H28N4O7. The third-order valence-electron chi connectivity index (χ3n) is 3.52. The number of nitrogens with one attached hydrogen (secondary N) is 3. The molecule has 154 valence electrons. The summed E-state index contributed by atoms with van der Waals surface area (Å²) >= 11 is 0. The topological polar surface area (TPSA) is 188 Å². The van der Waals surface area contributed by atoms with Crippen LogP contribution in [0, 0.1) is 5.92 Å². The minimum Gasteiger partial charge on any atom is -0.481 e. The zero-order chi connectivity index (χ0) is 21.1. The van der Waals surface area contributed by atoms with Crippen LogP contribution >= 0.6 is 0 Å². The fraction of sp³-hybridized carbons (Fsp3) is 0.688. The molecule has 0 rings (SSSR count). The SMILES string of the molecule is CC(C)CC(N)C(=O)NC(C)C(=O)NCC(=O)NC(CCC(=O)O)C(=O)O. The van der Waals surface area contributed by atoms with E-state index in [2.05, 4.69) is 16.0 Å². The summed E-state index contributed by atoms with van der Waals surface area (Å²) in [6, 6.07) is -3.07. The van der Waals surface area contributed by atoms with Crippen molar-refractivity contribution in [3.63, 3.8) is 0 Å². The molecule has 0 spiro atoms. The molecule has 0 aliphatic heterocycles. The van der Waals surface area contributed by atoms with Gasteiger partial charge in [0.25, 0.3) is 0 Å². The lowest BCUT2D eigenvalue weighted by Crippen LogP contribution is -2.52. The third-order valence-corrected chi connectivity index (χ3v) is 3.52. The van der Waals surface area contributed by atoms with E-state index in [-0.39, 0.29) is 12.3 Å². The van der Waals surface area contributed by atoms with E-state index in [9.17, 15) is 24.0 Å². The molecule has 0 saturated carbocycles. The highest BCUT2D eigenvalue weighted by Gasteiger charge is 2.23. The molecule has 0 heterocycles. The largest absolute Gasteiger partial charge is 0.481 e. The summed E-state index contributed by atoms with van der Waals surface area (Å²) < 4.78 is 0. The average Bonchev–Trinajstić information content (AvgIpc) is 2.54. The Hall–Kier alpha value is -2.69. The van der Waals surface area contributed by atoms with E-state index in [1.54, 1.807) is 0 Å². The zero-order valence-corrected chi connectivity index (χ0v) is 15.7. The first-order chi connectivity index (χ1) is 12.4. The second-order valence-electron chi connectivity index (χ2n) is 6.57. The molecule has 0 aromatic rings. The first kappa shape index (κ1) is 24.3. The van der Waals surface area contributed by atoms with Gasteiger partial charge in [0, 0.05) is 6.42 Å². The van der Waals surface area contributed by atoms with Crippen LogP contribution in [0.1, 0.15) is 40.0 Å². The molecule has 3 amide bonds. The first-order valence-electron chi connectivity index (χ1n) is 8.51. The maximum Gasteiger partial charge on any atom is 0.326 e. The smallest absolute Gasteiger partial charge is 0.326 e. The Balaban J connectivity index is 4.41. The standard InChI is InChI=1S/C16H28N4O7/c1-8(2)6-10(17)15(25)19-9(3)14(24)18-7-12(21)20-11(16(26)27)4-5-13(22)23/h8-11H,4-7,17H2,1-3H3,(H,18,24)(H,19,25)(H,20,21)(H,22,23)(H,26,27). The van der Waals surface area contributed by atoms with E-state index in [1.165, 1.54) is 6.92 Å². The Morgan fingerprint density at radius 1 is 0.963 bits per heavy atom. The van der Waals surface area contributed by atoms with Crippen LogP contribution in [0.3, 0.4) is 0 Å². The van der Waals surface area contributed by atoms with Gasteiger partial charge < -0.3 is 31.9 Å². The van der Waals surface area contributed by atoms with Crippen molar-refractivity contribution in [2.45, 2.75) is 58.2 Å². The van der Waals surface area contributed by atoms with Crippen molar-refractivity contribution in [1.29, 1.82) is 0 Å². The Bertz CT molecular complexity index is 565. The van der Waals surface area contributed by atoms with E-state index in [4.69, 9.17) is 15.9 Å². The van der Waals surface area contributed by atoms with Crippen molar-refractivity contribution in [3.8, 4) is 0 Å². The van der Waals surface area contributed by atoms with Crippen LogP contribution in [-0.4, -0.2) is 64.5 Å². The van der Waals surface area contributed by atoms with Crippen molar-refractivity contribution >= 4 is 29.7 Å². The third kappa shape index (κ3) is 10.8. The van der Waals surface area contributed by atoms with Gasteiger partial charge >= 0.3 is 11.9 Å². The molecule has 0 radical (unpaired) electrons. The van der Waals surface area contributed by atoms with E-state index in [0.717, 1.165) is 0 Å². The minimum atomic E-state index is -1.38. The molecular weight excluding hydrogens is 360 g/mol. The van der Waals surface area contributed by atoms with Crippen LogP contribution in [0.5, 0.6) is 0 Å². The van der Waals surface area contributed by atoms with Gasteiger partial charge in [-0.2, -0.15) is 0 Å². The second-order valence-corrected chi connectivity index (χ2v) is 6.57. The number of carboxylic acids is 2. The molecule has 0 fully saturated rings. The number of carbonyl (C=O) groups excluding carboxylic acids is 3. The van der Waals surface area contributed by atoms with Crippen LogP contribution < -0.4 is 21.7 Å². The normalized spacial score (nSPS) is 14.0. The number of carboxylic acid groups (broad SMARTS) is 2. The van der Waals surface area contributed by atoms with Crippen LogP contribution in [0.25, 0.3) is 0 Å². The predicted octanol–water partition coefficient (Wildman–Crippen LogP) is -1.59. The number of nitrogens with two attached hydrogens (primary N) is 1. The van der Waals surface area contributed by atoms with Crippen molar-refractivity contribution in [2.24, 2.45) is 11.7 Å². The monoisotopic (exact) mass is 388 g/mol. The van der Waals surface area contributed by atoms with Crippen LogP contribution in [-0.2, 0) is 24.0 Å². The van der Waals surface area contributed by atoms with Gasteiger partial charge in [-0.1, -0.05) is 13.8 Å². The summed E-state index contributed by atoms with van der Waals surface area (Å²) in [4.78, 5) is 57.0. The molecule has 0 aliphatic carbocycles. The van der Waals surface area contributed by atoms with Gasteiger partial charge in [-0.15, -0.1) is 0 Å². The first-order valence-corrected chi connectivity index (χ1v) is 8.51. The molecule has 0 saturated heterocycles. The lowest BCUT2D eigenvalue weighted by molar-refractivity contribution is -0.143. The summed E-state index contributed by atoms with van der Waals surface area (Å²) in [5.74, 6) is -4.29. The van der Waals surface area contributed by atoms with E-state index in [1.807, 2.05) is 13.8 Å². The van der Waals surface area contributed by atoms with Crippen LogP contribution in [0.2, 0.25) is 0 Å². The van der Waals surface area contributed by atoms with Crippen LogP contribution in [0.15, 0.2) is 0 Å². The number of amides is 3. The molecule has 7 N–H and O–H groups in total. The van der Waals surface area contributed by atoms with Gasteiger partial charge in [0.15, 0.2) is 0 Å². The average molecular weight is 388 g/mol. The fourth-order valence-electron chi connectivity index (χ4n) is 2.09. The van der Waals surface area contributed by atoms with E-state index < -0.39 is 60.8 Å². The molecule has 11 nitrogen and oxygen atoms in total.